The number of alkyl halides is 2. The number of halogens is 2. The van der Waals surface area contributed by atoms with Gasteiger partial charge in [-0.05, 0) is 12.8 Å². The molecule has 0 aliphatic heterocycles. The van der Waals surface area contributed by atoms with Crippen molar-refractivity contribution in [1.29, 1.82) is 0 Å². The van der Waals surface area contributed by atoms with E-state index >= 15 is 0 Å². The van der Waals surface area contributed by atoms with Gasteiger partial charge in [-0.15, -0.1) is 0 Å². The van der Waals surface area contributed by atoms with Crippen molar-refractivity contribution in [3.8, 4) is 0 Å². The van der Waals surface area contributed by atoms with Gasteiger partial charge >= 0.3 is 0 Å². The predicted molar refractivity (Wildman–Crippen MR) is 46.0 cm³/mol. The molecule has 0 radical (unpaired) electrons. The summed E-state index contributed by atoms with van der Waals surface area (Å²) < 4.78 is 24.8. The molecule has 0 atom stereocenters. The molecule has 0 heterocycles. The second-order valence-corrected chi connectivity index (χ2v) is 2.97. The molecular formula is C8H15F2NO3. The number of rotatable bonds is 7. The Bertz CT molecular complexity index is 176. The molecule has 6 heteroatoms. The van der Waals surface area contributed by atoms with Crippen LogP contribution in [-0.4, -0.2) is 41.8 Å². The number of hydrogen-bond acceptors (Lipinski definition) is 3. The van der Waals surface area contributed by atoms with E-state index in [1.54, 1.807) is 0 Å². The first-order valence-electron chi connectivity index (χ1n) is 4.38. The van der Waals surface area contributed by atoms with Gasteiger partial charge in [-0.2, -0.15) is 0 Å². The zero-order valence-corrected chi connectivity index (χ0v) is 7.80. The molecule has 0 saturated heterocycles. The molecule has 0 aromatic rings. The minimum atomic E-state index is -3.26. The maximum atomic E-state index is 12.4. The van der Waals surface area contributed by atoms with Crippen molar-refractivity contribution in [3.05, 3.63) is 0 Å². The largest absolute Gasteiger partial charge is 0.396 e. The number of carbonyl (C=O) groups is 1. The normalized spacial score (nSPS) is 11.4. The van der Waals surface area contributed by atoms with Crippen LogP contribution in [0.1, 0.15) is 19.3 Å². The van der Waals surface area contributed by atoms with Gasteiger partial charge in [0.05, 0.1) is 6.54 Å². The number of aliphatic hydroxyl groups excluding tert-OH is 2. The first kappa shape index (κ1) is 13.2. The first-order chi connectivity index (χ1) is 6.52. The average molecular weight is 211 g/mol. The van der Waals surface area contributed by atoms with E-state index in [1.807, 2.05) is 5.32 Å². The summed E-state index contributed by atoms with van der Waals surface area (Å²) in [5, 5.41) is 18.6. The summed E-state index contributed by atoms with van der Waals surface area (Å²) in [4.78, 5) is 10.9. The Labute approximate surface area is 80.9 Å². The maximum absolute atomic E-state index is 12.4. The fraction of sp³-hybridized carbons (Fsp3) is 0.875. The lowest BCUT2D eigenvalue weighted by Crippen LogP contribution is -2.38. The van der Waals surface area contributed by atoms with Crippen LogP contribution in [0.2, 0.25) is 0 Å². The van der Waals surface area contributed by atoms with Crippen molar-refractivity contribution in [2.75, 3.05) is 19.8 Å². The molecule has 0 aliphatic rings. The first-order valence-corrected chi connectivity index (χ1v) is 4.38. The standard InChI is InChI=1S/C8H15F2NO3/c9-8(10,6-13)5-11-7(14)3-1-2-4-12/h12-13H,1-6H2,(H,11,14). The van der Waals surface area contributed by atoms with E-state index in [2.05, 4.69) is 0 Å². The van der Waals surface area contributed by atoms with Gasteiger partial charge in [0.1, 0.15) is 6.61 Å². The monoisotopic (exact) mass is 211 g/mol. The van der Waals surface area contributed by atoms with E-state index in [4.69, 9.17) is 10.2 Å². The van der Waals surface area contributed by atoms with Crippen molar-refractivity contribution in [3.63, 3.8) is 0 Å². The van der Waals surface area contributed by atoms with Gasteiger partial charge in [-0.3, -0.25) is 4.79 Å². The van der Waals surface area contributed by atoms with Crippen molar-refractivity contribution in [1.82, 2.24) is 5.32 Å². The number of nitrogens with one attached hydrogen (secondary N) is 1. The summed E-state index contributed by atoms with van der Waals surface area (Å²) in [5.74, 6) is -3.75. The molecule has 0 unspecified atom stereocenters. The zero-order chi connectivity index (χ0) is 11.0. The van der Waals surface area contributed by atoms with Gasteiger partial charge in [-0.25, -0.2) is 8.78 Å². The SMILES string of the molecule is O=C(CCCCO)NCC(F)(F)CO. The van der Waals surface area contributed by atoms with Gasteiger partial charge in [-0.1, -0.05) is 0 Å². The Balaban J connectivity index is 3.53. The number of aliphatic hydroxyl groups is 2. The molecule has 14 heavy (non-hydrogen) atoms. The maximum Gasteiger partial charge on any atom is 0.287 e. The second kappa shape index (κ2) is 6.67. The molecule has 0 rings (SSSR count). The van der Waals surface area contributed by atoms with E-state index in [1.165, 1.54) is 0 Å². The van der Waals surface area contributed by atoms with E-state index in [9.17, 15) is 13.6 Å². The molecule has 0 aromatic carbocycles. The highest BCUT2D eigenvalue weighted by atomic mass is 19.3. The Morgan fingerprint density at radius 3 is 2.43 bits per heavy atom. The molecule has 4 nitrogen and oxygen atoms in total. The highest BCUT2D eigenvalue weighted by Gasteiger charge is 2.27. The Morgan fingerprint density at radius 1 is 1.29 bits per heavy atom. The van der Waals surface area contributed by atoms with Crippen molar-refractivity contribution in [2.24, 2.45) is 0 Å². The fourth-order valence-electron chi connectivity index (χ4n) is 0.770. The summed E-state index contributed by atoms with van der Waals surface area (Å²) in [6.07, 6.45) is 1.05. The van der Waals surface area contributed by atoms with Crippen molar-refractivity contribution < 1.29 is 23.8 Å². The molecule has 0 aromatic heterocycles. The van der Waals surface area contributed by atoms with Crippen LogP contribution in [0, 0.1) is 0 Å². The quantitative estimate of drug-likeness (QED) is 0.515. The average Bonchev–Trinajstić information content (AvgIpc) is 2.16. The molecule has 0 aliphatic carbocycles. The number of carbonyl (C=O) groups excluding carboxylic acids is 1. The van der Waals surface area contributed by atoms with E-state index in [0.717, 1.165) is 0 Å². The lowest BCUT2D eigenvalue weighted by molar-refractivity contribution is -0.124. The van der Waals surface area contributed by atoms with Crippen LogP contribution in [0.25, 0.3) is 0 Å². The number of hydrogen-bond donors (Lipinski definition) is 3. The van der Waals surface area contributed by atoms with Crippen LogP contribution in [-0.2, 0) is 4.79 Å². The smallest absolute Gasteiger partial charge is 0.287 e. The third-order valence-electron chi connectivity index (χ3n) is 1.59. The molecule has 0 bridgehead atoms. The van der Waals surface area contributed by atoms with Gasteiger partial charge in [0, 0.05) is 13.0 Å². The molecule has 0 saturated carbocycles. The van der Waals surface area contributed by atoms with Crippen LogP contribution in [0.4, 0.5) is 8.78 Å². The highest BCUT2D eigenvalue weighted by molar-refractivity contribution is 5.75. The topological polar surface area (TPSA) is 69.6 Å². The Kier molecular flexibility index (Phi) is 6.31. The Hall–Kier alpha value is -0.750. The van der Waals surface area contributed by atoms with Gasteiger partial charge < -0.3 is 15.5 Å². The van der Waals surface area contributed by atoms with Crippen molar-refractivity contribution in [2.45, 2.75) is 25.2 Å². The van der Waals surface area contributed by atoms with Crippen LogP contribution >= 0.6 is 0 Å². The third-order valence-corrected chi connectivity index (χ3v) is 1.59. The van der Waals surface area contributed by atoms with Crippen LogP contribution in [0.15, 0.2) is 0 Å². The van der Waals surface area contributed by atoms with E-state index in [0.29, 0.717) is 12.8 Å². The molecule has 3 N–H and O–H groups in total. The van der Waals surface area contributed by atoms with Gasteiger partial charge in [0.2, 0.25) is 5.91 Å². The zero-order valence-electron chi connectivity index (χ0n) is 7.80. The minimum absolute atomic E-state index is 0.0138. The summed E-state index contributed by atoms with van der Waals surface area (Å²) in [5.41, 5.74) is 0. The summed E-state index contributed by atoms with van der Waals surface area (Å²) in [7, 11) is 0. The van der Waals surface area contributed by atoms with E-state index in [-0.39, 0.29) is 13.0 Å². The van der Waals surface area contributed by atoms with Crippen LogP contribution in [0.3, 0.4) is 0 Å². The lowest BCUT2D eigenvalue weighted by atomic mass is 10.2. The highest BCUT2D eigenvalue weighted by Crippen LogP contribution is 2.09. The molecule has 84 valence electrons. The van der Waals surface area contributed by atoms with Crippen LogP contribution < -0.4 is 5.32 Å². The predicted octanol–water partition coefficient (Wildman–Crippen LogP) is -0.107. The third kappa shape index (κ3) is 6.73. The number of unbranched alkanes of at least 4 members (excludes halogenated alkanes) is 1. The lowest BCUT2D eigenvalue weighted by Gasteiger charge is -2.13. The van der Waals surface area contributed by atoms with Gasteiger partial charge in [0.15, 0.2) is 0 Å². The molecule has 0 spiro atoms. The molecular weight excluding hydrogens is 196 g/mol. The van der Waals surface area contributed by atoms with Crippen LogP contribution in [0.5, 0.6) is 0 Å². The molecule has 1 amide bonds. The molecule has 0 fully saturated rings. The van der Waals surface area contributed by atoms with Gasteiger partial charge in [0.25, 0.3) is 5.92 Å². The second-order valence-electron chi connectivity index (χ2n) is 2.97. The number of amides is 1. The minimum Gasteiger partial charge on any atom is -0.396 e. The van der Waals surface area contributed by atoms with Crippen molar-refractivity contribution >= 4 is 5.91 Å². The summed E-state index contributed by atoms with van der Waals surface area (Å²) >= 11 is 0. The Morgan fingerprint density at radius 2 is 1.93 bits per heavy atom. The summed E-state index contributed by atoms with van der Waals surface area (Å²) in [6, 6.07) is 0. The van der Waals surface area contributed by atoms with E-state index < -0.39 is 25.0 Å². The summed E-state index contributed by atoms with van der Waals surface area (Å²) in [6.45, 7) is -2.13. The fourth-order valence-corrected chi connectivity index (χ4v) is 0.770.